The fourth-order valence-electron chi connectivity index (χ4n) is 8.53. The van der Waals surface area contributed by atoms with Gasteiger partial charge in [-0.25, -0.2) is 0 Å². The van der Waals surface area contributed by atoms with E-state index in [9.17, 15) is 0 Å². The summed E-state index contributed by atoms with van der Waals surface area (Å²) in [5.41, 5.74) is 13.0. The maximum absolute atomic E-state index is 2.41. The molecule has 0 saturated heterocycles. The summed E-state index contributed by atoms with van der Waals surface area (Å²) in [6.45, 7) is 0. The lowest BCUT2D eigenvalue weighted by molar-refractivity contribution is 1.28. The molecule has 272 valence electrons. The molecule has 0 unspecified atom stereocenters. The summed E-state index contributed by atoms with van der Waals surface area (Å²) in [4.78, 5) is 2.41. The first-order chi connectivity index (χ1) is 28.7. The third kappa shape index (κ3) is 6.12. The van der Waals surface area contributed by atoms with Crippen molar-refractivity contribution in [3.63, 3.8) is 0 Å². The van der Waals surface area contributed by atoms with Crippen LogP contribution in [0.4, 0.5) is 17.1 Å². The maximum atomic E-state index is 2.41. The second kappa shape index (κ2) is 14.4. The molecule has 58 heavy (non-hydrogen) atoms. The number of rotatable bonds is 7. The predicted octanol–water partition coefficient (Wildman–Crippen LogP) is 16.5. The molecular weight excluding hydrogens is 719 g/mol. The van der Waals surface area contributed by atoms with Crippen LogP contribution in [0.3, 0.4) is 0 Å². The molecule has 0 amide bonds. The standard InChI is InChI=1S/C56H37NS/c1-2-12-44-36-45(25-24-38(44)10-1)41-22-20-39(21-23-41)40-26-31-47(32-27-40)57(48-33-28-43(29-34-48)50-17-9-13-42-11-3-4-14-49(42)50)54-18-7-5-15-51(54)46-30-35-56-53(37-46)52-16-6-8-19-55(52)58-56/h1-37H. The second-order valence-electron chi connectivity index (χ2n) is 14.9. The van der Waals surface area contributed by atoms with Gasteiger partial charge in [0.05, 0.1) is 5.69 Å². The van der Waals surface area contributed by atoms with Crippen molar-refractivity contribution in [3.8, 4) is 44.5 Å². The Bertz CT molecular complexity index is 3260. The molecule has 0 saturated carbocycles. The Morgan fingerprint density at radius 2 is 0.793 bits per heavy atom. The Morgan fingerprint density at radius 1 is 0.276 bits per heavy atom. The van der Waals surface area contributed by atoms with Gasteiger partial charge >= 0.3 is 0 Å². The fraction of sp³-hybridized carbons (Fsp3) is 0. The highest BCUT2D eigenvalue weighted by Crippen LogP contribution is 2.44. The number of nitrogens with zero attached hydrogens (tertiary/aromatic N) is 1. The molecule has 0 bridgehead atoms. The SMILES string of the molecule is c1ccc(N(c2ccc(-c3ccc(-c4ccc5ccccc5c4)cc3)cc2)c2ccc(-c3cccc4ccccc34)cc2)c(-c2ccc3sc4ccccc4c3c2)c1. The Balaban J connectivity index is 0.992. The molecule has 10 aromatic carbocycles. The van der Waals surface area contributed by atoms with Crippen molar-refractivity contribution >= 4 is 70.1 Å². The van der Waals surface area contributed by atoms with Gasteiger partial charge in [0.1, 0.15) is 0 Å². The molecule has 2 heteroatoms. The quantitative estimate of drug-likeness (QED) is 0.157. The number of benzene rings is 10. The molecule has 0 aliphatic heterocycles. The molecule has 0 fully saturated rings. The number of hydrogen-bond donors (Lipinski definition) is 0. The zero-order valence-corrected chi connectivity index (χ0v) is 32.5. The van der Waals surface area contributed by atoms with Crippen molar-refractivity contribution in [2.24, 2.45) is 0 Å². The molecule has 0 spiro atoms. The molecule has 1 aromatic heterocycles. The highest BCUT2D eigenvalue weighted by atomic mass is 32.1. The number of anilines is 3. The van der Waals surface area contributed by atoms with Gasteiger partial charge in [0.2, 0.25) is 0 Å². The Labute approximate surface area is 342 Å². The van der Waals surface area contributed by atoms with E-state index in [1.165, 1.54) is 86.2 Å². The lowest BCUT2D eigenvalue weighted by Gasteiger charge is -2.28. The van der Waals surface area contributed by atoms with Crippen LogP contribution >= 0.6 is 11.3 Å². The smallest absolute Gasteiger partial charge is 0.0540 e. The lowest BCUT2D eigenvalue weighted by atomic mass is 9.97. The van der Waals surface area contributed by atoms with E-state index >= 15 is 0 Å². The summed E-state index contributed by atoms with van der Waals surface area (Å²) in [5, 5.41) is 7.64. The van der Waals surface area contributed by atoms with E-state index in [2.05, 4.69) is 229 Å². The molecule has 11 rings (SSSR count). The van der Waals surface area contributed by atoms with Gasteiger partial charge in [-0.2, -0.15) is 0 Å². The average Bonchev–Trinajstić information content (AvgIpc) is 3.68. The summed E-state index contributed by atoms with van der Waals surface area (Å²) in [7, 11) is 0. The highest BCUT2D eigenvalue weighted by molar-refractivity contribution is 7.25. The summed E-state index contributed by atoms with van der Waals surface area (Å²) < 4.78 is 2.63. The minimum absolute atomic E-state index is 1.10. The van der Waals surface area contributed by atoms with Crippen LogP contribution in [-0.4, -0.2) is 0 Å². The monoisotopic (exact) mass is 755 g/mol. The molecule has 1 heterocycles. The van der Waals surface area contributed by atoms with Gasteiger partial charge in [0.25, 0.3) is 0 Å². The zero-order chi connectivity index (χ0) is 38.4. The third-order valence-electron chi connectivity index (χ3n) is 11.5. The Kier molecular flexibility index (Phi) is 8.42. The topological polar surface area (TPSA) is 3.24 Å². The van der Waals surface area contributed by atoms with Crippen LogP contribution in [0.5, 0.6) is 0 Å². The van der Waals surface area contributed by atoms with E-state index in [1.54, 1.807) is 0 Å². The minimum Gasteiger partial charge on any atom is -0.310 e. The van der Waals surface area contributed by atoms with Crippen LogP contribution in [0.1, 0.15) is 0 Å². The summed E-state index contributed by atoms with van der Waals surface area (Å²) in [5.74, 6) is 0. The predicted molar refractivity (Wildman–Crippen MR) is 251 cm³/mol. The molecule has 0 aliphatic carbocycles. The molecule has 0 N–H and O–H groups in total. The van der Waals surface area contributed by atoms with Crippen LogP contribution < -0.4 is 4.90 Å². The lowest BCUT2D eigenvalue weighted by Crippen LogP contribution is -2.11. The number of thiophene rings is 1. The van der Waals surface area contributed by atoms with E-state index in [0.29, 0.717) is 0 Å². The first kappa shape index (κ1) is 34.0. The highest BCUT2D eigenvalue weighted by Gasteiger charge is 2.19. The van der Waals surface area contributed by atoms with Gasteiger partial charge in [0, 0.05) is 37.1 Å². The fourth-order valence-corrected chi connectivity index (χ4v) is 9.61. The molecule has 0 aliphatic rings. The Morgan fingerprint density at radius 3 is 1.57 bits per heavy atom. The average molecular weight is 756 g/mol. The van der Waals surface area contributed by atoms with E-state index in [-0.39, 0.29) is 0 Å². The molecule has 1 nitrogen and oxygen atoms in total. The summed E-state index contributed by atoms with van der Waals surface area (Å²) in [6, 6.07) is 82.0. The maximum Gasteiger partial charge on any atom is 0.0540 e. The van der Waals surface area contributed by atoms with Gasteiger partial charge in [-0.15, -0.1) is 11.3 Å². The number of para-hydroxylation sites is 1. The second-order valence-corrected chi connectivity index (χ2v) is 16.0. The molecule has 11 aromatic rings. The first-order valence-electron chi connectivity index (χ1n) is 19.8. The largest absolute Gasteiger partial charge is 0.310 e. The van der Waals surface area contributed by atoms with Gasteiger partial charge in [0.15, 0.2) is 0 Å². The van der Waals surface area contributed by atoms with Gasteiger partial charge < -0.3 is 4.90 Å². The van der Waals surface area contributed by atoms with E-state index in [1.807, 2.05) is 11.3 Å². The van der Waals surface area contributed by atoms with Crippen molar-refractivity contribution in [1.29, 1.82) is 0 Å². The zero-order valence-electron chi connectivity index (χ0n) is 31.7. The minimum atomic E-state index is 1.10. The van der Waals surface area contributed by atoms with Crippen LogP contribution in [0.15, 0.2) is 224 Å². The van der Waals surface area contributed by atoms with Crippen molar-refractivity contribution in [1.82, 2.24) is 0 Å². The van der Waals surface area contributed by atoms with Crippen LogP contribution in [0.2, 0.25) is 0 Å². The van der Waals surface area contributed by atoms with E-state index < -0.39 is 0 Å². The number of hydrogen-bond acceptors (Lipinski definition) is 2. The Hall–Kier alpha value is -7.26. The van der Waals surface area contributed by atoms with E-state index in [0.717, 1.165) is 17.1 Å². The summed E-state index contributed by atoms with van der Waals surface area (Å²) in [6.07, 6.45) is 0. The van der Waals surface area contributed by atoms with E-state index in [4.69, 9.17) is 0 Å². The van der Waals surface area contributed by atoms with Crippen molar-refractivity contribution in [2.75, 3.05) is 4.90 Å². The normalized spacial score (nSPS) is 11.4. The van der Waals surface area contributed by atoms with Crippen LogP contribution in [0.25, 0.3) is 86.2 Å². The third-order valence-corrected chi connectivity index (χ3v) is 12.6. The number of fused-ring (bicyclic) bond motifs is 5. The summed E-state index contributed by atoms with van der Waals surface area (Å²) >= 11 is 1.86. The van der Waals surface area contributed by atoms with Gasteiger partial charge in [-0.05, 0) is 115 Å². The van der Waals surface area contributed by atoms with Crippen LogP contribution in [-0.2, 0) is 0 Å². The van der Waals surface area contributed by atoms with Crippen LogP contribution in [0, 0.1) is 0 Å². The van der Waals surface area contributed by atoms with Crippen molar-refractivity contribution in [2.45, 2.75) is 0 Å². The van der Waals surface area contributed by atoms with Gasteiger partial charge in [-0.3, -0.25) is 0 Å². The van der Waals surface area contributed by atoms with Crippen molar-refractivity contribution < 1.29 is 0 Å². The molecule has 0 radical (unpaired) electrons. The van der Waals surface area contributed by atoms with Gasteiger partial charge in [-0.1, -0.05) is 170 Å². The molecular formula is C56H37NS. The molecule has 0 atom stereocenters. The first-order valence-corrected chi connectivity index (χ1v) is 20.6. The van der Waals surface area contributed by atoms with Crippen molar-refractivity contribution in [3.05, 3.63) is 224 Å².